The molecule has 1 N–H and O–H groups in total. The minimum absolute atomic E-state index is 0.462. The first-order chi connectivity index (χ1) is 10.3. The van der Waals surface area contributed by atoms with E-state index in [-0.39, 0.29) is 0 Å². The summed E-state index contributed by atoms with van der Waals surface area (Å²) < 4.78 is 0. The average molecular weight is 300 g/mol. The number of benzene rings is 1. The fraction of sp³-hybridized carbons (Fsp3) is 0.500. The van der Waals surface area contributed by atoms with Crippen molar-refractivity contribution >= 4 is 22.7 Å². The van der Waals surface area contributed by atoms with Crippen LogP contribution in [0.2, 0.25) is 0 Å². The molecule has 3 rings (SSSR count). The highest BCUT2D eigenvalue weighted by atomic mass is 32.2. The van der Waals surface area contributed by atoms with Gasteiger partial charge in [0, 0.05) is 17.1 Å². The van der Waals surface area contributed by atoms with E-state index in [1.165, 1.54) is 41.7 Å². The van der Waals surface area contributed by atoms with E-state index in [2.05, 4.69) is 59.4 Å². The summed E-state index contributed by atoms with van der Waals surface area (Å²) in [7, 11) is 2.08. The maximum Gasteiger partial charge on any atom is 0.0705 e. The van der Waals surface area contributed by atoms with Gasteiger partial charge in [-0.25, -0.2) is 0 Å². The van der Waals surface area contributed by atoms with Crippen molar-refractivity contribution in [1.29, 1.82) is 0 Å². The van der Waals surface area contributed by atoms with E-state index >= 15 is 0 Å². The Kier molecular flexibility index (Phi) is 4.81. The molecular weight excluding hydrogens is 276 g/mol. The van der Waals surface area contributed by atoms with E-state index in [1.807, 2.05) is 6.92 Å². The van der Waals surface area contributed by atoms with Crippen molar-refractivity contribution in [3.8, 4) is 0 Å². The van der Waals surface area contributed by atoms with Gasteiger partial charge in [0.2, 0.25) is 0 Å². The van der Waals surface area contributed by atoms with Gasteiger partial charge >= 0.3 is 0 Å². The Labute approximate surface area is 131 Å². The van der Waals surface area contributed by atoms with Crippen molar-refractivity contribution in [2.75, 3.05) is 18.6 Å². The van der Waals surface area contributed by atoms with Gasteiger partial charge in [0.15, 0.2) is 0 Å². The maximum atomic E-state index is 4.59. The van der Waals surface area contributed by atoms with Gasteiger partial charge in [-0.05, 0) is 74.4 Å². The third-order valence-electron chi connectivity index (χ3n) is 4.51. The number of nitrogens with one attached hydrogen (secondary N) is 1. The molecule has 1 saturated heterocycles. The first kappa shape index (κ1) is 14.9. The molecule has 1 fully saturated rings. The number of hydrogen-bond acceptors (Lipinski definition) is 3. The summed E-state index contributed by atoms with van der Waals surface area (Å²) in [6.45, 7) is 2.05. The predicted molar refractivity (Wildman–Crippen MR) is 92.9 cm³/mol. The quantitative estimate of drug-likeness (QED) is 0.909. The second-order valence-corrected chi connectivity index (χ2v) is 7.26. The third-order valence-corrected chi connectivity index (χ3v) is 5.56. The lowest BCUT2D eigenvalue weighted by Gasteiger charge is -2.26. The minimum Gasteiger partial charge on any atom is -0.313 e. The lowest BCUT2D eigenvalue weighted by atomic mass is 9.90. The molecule has 1 aromatic carbocycles. The number of aryl methyl sites for hydroxylation is 1. The van der Waals surface area contributed by atoms with E-state index in [1.54, 1.807) is 0 Å². The second kappa shape index (κ2) is 6.80. The van der Waals surface area contributed by atoms with Crippen LogP contribution in [0.15, 0.2) is 30.3 Å². The monoisotopic (exact) mass is 300 g/mol. The summed E-state index contributed by atoms with van der Waals surface area (Å²) >= 11 is 2.10. The van der Waals surface area contributed by atoms with Crippen LogP contribution in [0.4, 0.5) is 0 Å². The maximum absolute atomic E-state index is 4.59. The number of hydrogen-bond donors (Lipinski definition) is 1. The molecule has 0 aliphatic carbocycles. The molecule has 2 aromatic rings. The Morgan fingerprint density at radius 3 is 2.81 bits per heavy atom. The van der Waals surface area contributed by atoms with Crippen LogP contribution in [-0.4, -0.2) is 23.5 Å². The highest BCUT2D eigenvalue weighted by molar-refractivity contribution is 7.99. The molecule has 0 radical (unpaired) electrons. The predicted octanol–water partition coefficient (Wildman–Crippen LogP) is 4.34. The summed E-state index contributed by atoms with van der Waals surface area (Å²) in [5, 5.41) is 4.76. The molecule has 112 valence electrons. The number of rotatable bonds is 4. The van der Waals surface area contributed by atoms with Gasteiger partial charge in [0.1, 0.15) is 0 Å². The molecule has 2 nitrogen and oxygen atoms in total. The minimum atomic E-state index is 0.462. The molecule has 0 spiro atoms. The topological polar surface area (TPSA) is 24.9 Å². The van der Waals surface area contributed by atoms with E-state index in [9.17, 15) is 0 Å². The third kappa shape index (κ3) is 3.58. The summed E-state index contributed by atoms with van der Waals surface area (Å²) in [4.78, 5) is 4.59. The Bertz CT molecular complexity index is 605. The van der Waals surface area contributed by atoms with Crippen LogP contribution in [0.1, 0.15) is 36.6 Å². The van der Waals surface area contributed by atoms with Crippen LogP contribution >= 0.6 is 11.8 Å². The highest BCUT2D eigenvalue weighted by Gasteiger charge is 2.19. The van der Waals surface area contributed by atoms with Gasteiger partial charge < -0.3 is 5.32 Å². The Morgan fingerprint density at radius 2 is 2.05 bits per heavy atom. The fourth-order valence-electron chi connectivity index (χ4n) is 3.20. The second-order valence-electron chi connectivity index (χ2n) is 6.04. The average Bonchev–Trinajstić information content (AvgIpc) is 2.53. The Morgan fingerprint density at radius 1 is 1.24 bits per heavy atom. The van der Waals surface area contributed by atoms with Crippen molar-refractivity contribution in [3.05, 3.63) is 41.6 Å². The number of thioether (sulfide) groups is 1. The zero-order valence-electron chi connectivity index (χ0n) is 12.9. The van der Waals surface area contributed by atoms with Crippen molar-refractivity contribution < 1.29 is 0 Å². The number of fused-ring (bicyclic) bond motifs is 1. The standard InChI is InChI=1S/C18H24N2S/c1-13-3-4-15-12-16(5-6-17(15)20-13)18(19-2)11-14-7-9-21-10-8-14/h3-6,12,14,18-19H,7-11H2,1-2H3. The van der Waals surface area contributed by atoms with Gasteiger partial charge in [0.05, 0.1) is 5.52 Å². The molecule has 1 atom stereocenters. The first-order valence-corrected chi connectivity index (χ1v) is 9.04. The van der Waals surface area contributed by atoms with Gasteiger partial charge in [-0.1, -0.05) is 12.1 Å². The molecule has 1 unspecified atom stereocenters. The largest absolute Gasteiger partial charge is 0.313 e. The SMILES string of the molecule is CNC(CC1CCSCC1)c1ccc2nc(C)ccc2c1. The zero-order chi connectivity index (χ0) is 14.7. The fourth-order valence-corrected chi connectivity index (χ4v) is 4.40. The molecule has 0 saturated carbocycles. The van der Waals surface area contributed by atoms with E-state index in [0.29, 0.717) is 6.04 Å². The van der Waals surface area contributed by atoms with E-state index in [0.717, 1.165) is 17.1 Å². The molecule has 2 heterocycles. The number of aromatic nitrogens is 1. The zero-order valence-corrected chi connectivity index (χ0v) is 13.7. The lowest BCUT2D eigenvalue weighted by molar-refractivity contribution is 0.384. The van der Waals surface area contributed by atoms with E-state index < -0.39 is 0 Å². The van der Waals surface area contributed by atoms with Crippen LogP contribution in [-0.2, 0) is 0 Å². The van der Waals surface area contributed by atoms with Gasteiger partial charge in [-0.15, -0.1) is 0 Å². The van der Waals surface area contributed by atoms with Gasteiger partial charge in [-0.2, -0.15) is 11.8 Å². The normalized spacial score (nSPS) is 18.0. The van der Waals surface area contributed by atoms with Gasteiger partial charge in [0.25, 0.3) is 0 Å². The summed E-state index contributed by atoms with van der Waals surface area (Å²) in [6, 6.07) is 11.5. The summed E-state index contributed by atoms with van der Waals surface area (Å²) in [5.41, 5.74) is 3.58. The highest BCUT2D eigenvalue weighted by Crippen LogP contribution is 2.31. The van der Waals surface area contributed by atoms with E-state index in [4.69, 9.17) is 0 Å². The molecule has 1 aliphatic heterocycles. The Balaban J connectivity index is 1.80. The number of nitrogens with zero attached hydrogens (tertiary/aromatic N) is 1. The van der Waals surface area contributed by atoms with Crippen molar-refractivity contribution in [2.24, 2.45) is 5.92 Å². The molecular formula is C18H24N2S. The summed E-state index contributed by atoms with van der Waals surface area (Å²) in [6.07, 6.45) is 4.00. The molecule has 0 amide bonds. The van der Waals surface area contributed by atoms with Crippen LogP contribution in [0.5, 0.6) is 0 Å². The van der Waals surface area contributed by atoms with Crippen LogP contribution in [0.3, 0.4) is 0 Å². The molecule has 1 aliphatic rings. The molecule has 3 heteroatoms. The van der Waals surface area contributed by atoms with Crippen LogP contribution in [0.25, 0.3) is 10.9 Å². The van der Waals surface area contributed by atoms with Crippen molar-refractivity contribution in [3.63, 3.8) is 0 Å². The molecule has 0 bridgehead atoms. The van der Waals surface area contributed by atoms with Crippen molar-refractivity contribution in [2.45, 2.75) is 32.2 Å². The molecule has 1 aromatic heterocycles. The van der Waals surface area contributed by atoms with Crippen molar-refractivity contribution in [1.82, 2.24) is 10.3 Å². The smallest absolute Gasteiger partial charge is 0.0705 e. The van der Waals surface area contributed by atoms with Crippen LogP contribution in [0, 0.1) is 12.8 Å². The number of pyridine rings is 1. The lowest BCUT2D eigenvalue weighted by Crippen LogP contribution is -2.22. The van der Waals surface area contributed by atoms with Gasteiger partial charge in [-0.3, -0.25) is 4.98 Å². The summed E-state index contributed by atoms with van der Waals surface area (Å²) in [5.74, 6) is 3.54. The van der Waals surface area contributed by atoms with Crippen LogP contribution < -0.4 is 5.32 Å². The first-order valence-electron chi connectivity index (χ1n) is 7.88. The Hall–Kier alpha value is -1.06. The molecule has 21 heavy (non-hydrogen) atoms.